The number of nitrogens with one attached hydrogen (secondary N) is 1. The maximum Gasteiger partial charge on any atom is 0.274 e. The highest BCUT2D eigenvalue weighted by Crippen LogP contribution is 2.28. The van der Waals surface area contributed by atoms with Gasteiger partial charge >= 0.3 is 0 Å². The molecule has 0 aliphatic heterocycles. The van der Waals surface area contributed by atoms with Gasteiger partial charge in [-0.1, -0.05) is 25.4 Å². The second-order valence-electron chi connectivity index (χ2n) is 6.35. The van der Waals surface area contributed by atoms with Crippen molar-refractivity contribution in [3.05, 3.63) is 45.1 Å². The average Bonchev–Trinajstić information content (AvgIpc) is 3.01. The summed E-state index contributed by atoms with van der Waals surface area (Å²) in [5, 5.41) is 0.351. The molecule has 1 aromatic carbocycles. The summed E-state index contributed by atoms with van der Waals surface area (Å²) in [6.07, 6.45) is 3.45. The number of halogens is 1. The number of amides is 1. The van der Waals surface area contributed by atoms with Crippen LogP contribution in [0.1, 0.15) is 48.8 Å². The van der Waals surface area contributed by atoms with Crippen LogP contribution in [0.5, 0.6) is 0 Å². The molecule has 7 heteroatoms. The molecule has 132 valence electrons. The Hall–Kier alpha value is -2.34. The maximum atomic E-state index is 12.5. The number of carbonyl (C=O) groups excluding carboxylic acids is 1. The van der Waals surface area contributed by atoms with Crippen LogP contribution < -0.4 is 5.56 Å². The number of aromatic amines is 1. The van der Waals surface area contributed by atoms with Crippen LogP contribution >= 0.6 is 11.6 Å². The summed E-state index contributed by atoms with van der Waals surface area (Å²) in [5.74, 6) is 0.881. The molecule has 0 radical (unpaired) electrons. The van der Waals surface area contributed by atoms with Crippen molar-refractivity contribution in [2.45, 2.75) is 32.6 Å². The molecule has 0 aliphatic rings. The van der Waals surface area contributed by atoms with E-state index in [1.54, 1.807) is 32.4 Å². The molecular formula is C18H21ClN4O2. The van der Waals surface area contributed by atoms with Gasteiger partial charge in [0.1, 0.15) is 11.3 Å². The summed E-state index contributed by atoms with van der Waals surface area (Å²) in [6.45, 7) is 4.21. The van der Waals surface area contributed by atoms with Crippen molar-refractivity contribution in [3.8, 4) is 0 Å². The molecule has 0 unspecified atom stereocenters. The van der Waals surface area contributed by atoms with Gasteiger partial charge in [0.2, 0.25) is 0 Å². The van der Waals surface area contributed by atoms with Crippen LogP contribution in [0.25, 0.3) is 16.6 Å². The van der Waals surface area contributed by atoms with Gasteiger partial charge in [-0.25, -0.2) is 4.98 Å². The summed E-state index contributed by atoms with van der Waals surface area (Å²) >= 11 is 6.38. The summed E-state index contributed by atoms with van der Waals surface area (Å²) in [6, 6.07) is 3.36. The van der Waals surface area contributed by atoms with Crippen molar-refractivity contribution < 1.29 is 4.79 Å². The van der Waals surface area contributed by atoms with Crippen LogP contribution in [-0.4, -0.2) is 39.3 Å². The van der Waals surface area contributed by atoms with E-state index in [9.17, 15) is 9.59 Å². The van der Waals surface area contributed by atoms with Gasteiger partial charge in [0.25, 0.3) is 11.5 Å². The maximum absolute atomic E-state index is 12.5. The van der Waals surface area contributed by atoms with Crippen LogP contribution in [0.2, 0.25) is 5.02 Å². The number of benzene rings is 1. The van der Waals surface area contributed by atoms with Crippen LogP contribution in [0.3, 0.4) is 0 Å². The third-order valence-electron chi connectivity index (χ3n) is 4.58. The monoisotopic (exact) mass is 360 g/mol. The number of aromatic nitrogens is 3. The summed E-state index contributed by atoms with van der Waals surface area (Å²) in [5.41, 5.74) is 1.92. The molecule has 0 fully saturated rings. The Morgan fingerprint density at radius 1 is 1.28 bits per heavy atom. The van der Waals surface area contributed by atoms with E-state index in [1.165, 1.54) is 4.90 Å². The fourth-order valence-corrected chi connectivity index (χ4v) is 3.40. The first-order valence-electron chi connectivity index (χ1n) is 8.33. The van der Waals surface area contributed by atoms with Crippen LogP contribution in [-0.2, 0) is 0 Å². The standard InChI is InChI=1S/C18H21ClN4O2/c1-5-10(6-2)16-20-9-15-17(24)21-13-7-11(18(25)22(3)4)12(19)8-14(13)23(15)16/h7-10H,5-6H2,1-4H3,(H,21,24). The van der Waals surface area contributed by atoms with E-state index in [0.717, 1.165) is 24.2 Å². The number of hydrogen-bond donors (Lipinski definition) is 1. The first-order chi connectivity index (χ1) is 11.9. The van der Waals surface area contributed by atoms with E-state index >= 15 is 0 Å². The van der Waals surface area contributed by atoms with E-state index in [0.29, 0.717) is 21.6 Å². The van der Waals surface area contributed by atoms with E-state index in [4.69, 9.17) is 11.6 Å². The Labute approximate surface area is 150 Å². The highest BCUT2D eigenvalue weighted by Gasteiger charge is 2.20. The van der Waals surface area contributed by atoms with Crippen molar-refractivity contribution in [3.63, 3.8) is 0 Å². The van der Waals surface area contributed by atoms with Crippen molar-refractivity contribution in [2.75, 3.05) is 14.1 Å². The first-order valence-corrected chi connectivity index (χ1v) is 8.71. The molecule has 6 nitrogen and oxygen atoms in total. The minimum Gasteiger partial charge on any atom is -0.345 e. The second kappa shape index (κ2) is 6.52. The topological polar surface area (TPSA) is 70.5 Å². The number of nitrogens with zero attached hydrogens (tertiary/aromatic N) is 3. The number of imidazole rings is 1. The van der Waals surface area contributed by atoms with Gasteiger partial charge in [0.05, 0.1) is 27.8 Å². The van der Waals surface area contributed by atoms with Crippen molar-refractivity contribution in [2.24, 2.45) is 0 Å². The van der Waals surface area contributed by atoms with Crippen LogP contribution in [0.15, 0.2) is 23.1 Å². The molecular weight excluding hydrogens is 340 g/mol. The van der Waals surface area contributed by atoms with Gasteiger partial charge in [-0.3, -0.25) is 14.0 Å². The normalized spacial score (nSPS) is 11.6. The van der Waals surface area contributed by atoms with Crippen molar-refractivity contribution in [1.29, 1.82) is 0 Å². The predicted octanol–water partition coefficient (Wildman–Crippen LogP) is 3.43. The minimum absolute atomic E-state index is 0.210. The zero-order valence-electron chi connectivity index (χ0n) is 14.8. The Morgan fingerprint density at radius 3 is 2.56 bits per heavy atom. The third-order valence-corrected chi connectivity index (χ3v) is 4.90. The molecule has 0 atom stereocenters. The van der Waals surface area contributed by atoms with E-state index < -0.39 is 0 Å². The predicted molar refractivity (Wildman–Crippen MR) is 99.7 cm³/mol. The van der Waals surface area contributed by atoms with E-state index in [1.807, 2.05) is 4.40 Å². The molecule has 1 N–H and O–H groups in total. The summed E-state index contributed by atoms with van der Waals surface area (Å²) in [7, 11) is 3.33. The van der Waals surface area contributed by atoms with Gasteiger partial charge in [-0.05, 0) is 25.0 Å². The Morgan fingerprint density at radius 2 is 1.96 bits per heavy atom. The van der Waals surface area contributed by atoms with Gasteiger partial charge in [-0.15, -0.1) is 0 Å². The first kappa shape index (κ1) is 17.5. The molecule has 25 heavy (non-hydrogen) atoms. The molecule has 2 heterocycles. The molecule has 2 aromatic heterocycles. The molecule has 0 aliphatic carbocycles. The zero-order valence-corrected chi connectivity index (χ0v) is 15.5. The second-order valence-corrected chi connectivity index (χ2v) is 6.76. The number of rotatable bonds is 4. The van der Waals surface area contributed by atoms with Crippen LogP contribution in [0, 0.1) is 0 Å². The fraction of sp³-hybridized carbons (Fsp3) is 0.389. The van der Waals surface area contributed by atoms with Gasteiger partial charge < -0.3 is 9.88 Å². The van der Waals surface area contributed by atoms with Crippen molar-refractivity contribution in [1.82, 2.24) is 19.3 Å². The highest BCUT2D eigenvalue weighted by molar-refractivity contribution is 6.34. The molecule has 0 saturated carbocycles. The molecule has 1 amide bonds. The summed E-state index contributed by atoms with van der Waals surface area (Å²) in [4.78, 5) is 33.5. The molecule has 3 rings (SSSR count). The fourth-order valence-electron chi connectivity index (χ4n) is 3.16. The Balaban J connectivity index is 2.38. The zero-order chi connectivity index (χ0) is 18.3. The van der Waals surface area contributed by atoms with E-state index in [2.05, 4.69) is 23.8 Å². The SMILES string of the molecule is CCC(CC)c1ncc2c(=O)[nH]c3cc(C(=O)N(C)C)c(Cl)cc3n12. The highest BCUT2D eigenvalue weighted by atomic mass is 35.5. The number of H-pyrrole nitrogens is 1. The van der Waals surface area contributed by atoms with Gasteiger partial charge in [0, 0.05) is 20.0 Å². The average molecular weight is 361 g/mol. The molecule has 3 aromatic rings. The lowest BCUT2D eigenvalue weighted by atomic mass is 10.0. The largest absolute Gasteiger partial charge is 0.345 e. The Kier molecular flexibility index (Phi) is 4.56. The number of hydrogen-bond acceptors (Lipinski definition) is 3. The third kappa shape index (κ3) is 2.80. The molecule has 0 bridgehead atoms. The lowest BCUT2D eigenvalue weighted by Gasteiger charge is -2.15. The Bertz CT molecular complexity index is 1020. The smallest absolute Gasteiger partial charge is 0.274 e. The van der Waals surface area contributed by atoms with E-state index in [-0.39, 0.29) is 17.4 Å². The quantitative estimate of drug-likeness (QED) is 0.774. The van der Waals surface area contributed by atoms with Crippen LogP contribution in [0.4, 0.5) is 0 Å². The van der Waals surface area contributed by atoms with Crippen molar-refractivity contribution >= 4 is 34.1 Å². The minimum atomic E-state index is -0.234. The molecule has 0 saturated heterocycles. The van der Waals surface area contributed by atoms with Gasteiger partial charge in [-0.2, -0.15) is 0 Å². The lowest BCUT2D eigenvalue weighted by molar-refractivity contribution is 0.0828. The van der Waals surface area contributed by atoms with Gasteiger partial charge in [0.15, 0.2) is 0 Å². The number of fused-ring (bicyclic) bond motifs is 3. The lowest BCUT2D eigenvalue weighted by Crippen LogP contribution is -2.22. The number of carbonyl (C=O) groups is 1. The molecule has 0 spiro atoms. The summed E-state index contributed by atoms with van der Waals surface area (Å²) < 4.78 is 1.86.